The Hall–Kier alpha value is -2.12. The Morgan fingerprint density at radius 3 is 2.33 bits per heavy atom. The van der Waals surface area contributed by atoms with Gasteiger partial charge in [0.15, 0.2) is 0 Å². The minimum Gasteiger partial charge on any atom is -0.384 e. The van der Waals surface area contributed by atoms with Crippen molar-refractivity contribution >= 4 is 21.2 Å². The van der Waals surface area contributed by atoms with Gasteiger partial charge in [-0.1, -0.05) is 6.92 Å². The van der Waals surface area contributed by atoms with E-state index in [9.17, 15) is 12.8 Å². The van der Waals surface area contributed by atoms with Gasteiger partial charge in [-0.2, -0.15) is 0 Å². The first kappa shape index (κ1) is 19.6. The van der Waals surface area contributed by atoms with Crippen LogP contribution in [0.2, 0.25) is 0 Å². The van der Waals surface area contributed by atoms with Crippen molar-refractivity contribution in [2.45, 2.75) is 23.1 Å². The topological polar surface area (TPSA) is 52.6 Å². The van der Waals surface area contributed by atoms with Crippen LogP contribution >= 0.6 is 0 Å². The van der Waals surface area contributed by atoms with Gasteiger partial charge in [-0.25, -0.2) is 12.8 Å². The predicted molar refractivity (Wildman–Crippen MR) is 107 cm³/mol. The molecule has 5 nitrogen and oxygen atoms in total. The number of benzene rings is 2. The van der Waals surface area contributed by atoms with Gasteiger partial charge in [0.1, 0.15) is 5.82 Å². The zero-order chi connectivity index (χ0) is 19.4. The lowest BCUT2D eigenvalue weighted by molar-refractivity contribution is 0.313. The molecule has 27 heavy (non-hydrogen) atoms. The first-order chi connectivity index (χ1) is 12.9. The summed E-state index contributed by atoms with van der Waals surface area (Å²) in [5.74, 6) is -0.455. The van der Waals surface area contributed by atoms with E-state index in [2.05, 4.69) is 22.2 Å². The Balaban J connectivity index is 1.97. The predicted octanol–water partition coefficient (Wildman–Crippen LogP) is 3.23. The van der Waals surface area contributed by atoms with E-state index in [1.807, 2.05) is 19.1 Å². The smallest absolute Gasteiger partial charge is 0.208 e. The van der Waals surface area contributed by atoms with Gasteiger partial charge in [0.05, 0.1) is 15.5 Å². The molecule has 2 aromatic rings. The minimum absolute atomic E-state index is 0.0933. The maximum Gasteiger partial charge on any atom is 0.208 e. The number of likely N-dealkylation sites (N-methyl/N-ethyl adjacent to an activating group) is 1. The molecule has 1 heterocycles. The van der Waals surface area contributed by atoms with Gasteiger partial charge in [-0.15, -0.1) is 0 Å². The summed E-state index contributed by atoms with van der Waals surface area (Å²) in [5, 5.41) is 3.25. The molecular formula is C20H26FN3O2S. The molecule has 3 rings (SSSR count). The molecule has 0 aromatic heterocycles. The van der Waals surface area contributed by atoms with E-state index in [1.54, 1.807) is 6.07 Å². The molecule has 0 amide bonds. The number of hydrogen-bond acceptors (Lipinski definition) is 5. The van der Waals surface area contributed by atoms with Crippen molar-refractivity contribution in [1.29, 1.82) is 0 Å². The summed E-state index contributed by atoms with van der Waals surface area (Å²) in [5.41, 5.74) is 1.61. The highest BCUT2D eigenvalue weighted by Gasteiger charge is 2.23. The first-order valence-corrected chi connectivity index (χ1v) is 10.7. The van der Waals surface area contributed by atoms with Crippen molar-refractivity contribution in [3.63, 3.8) is 0 Å². The van der Waals surface area contributed by atoms with Crippen molar-refractivity contribution in [2.75, 3.05) is 50.0 Å². The van der Waals surface area contributed by atoms with Crippen molar-refractivity contribution in [3.8, 4) is 0 Å². The lowest BCUT2D eigenvalue weighted by Crippen LogP contribution is -2.44. The number of nitrogens with one attached hydrogen (secondary N) is 1. The second-order valence-electron chi connectivity index (χ2n) is 6.85. The summed E-state index contributed by atoms with van der Waals surface area (Å²) in [6.45, 7) is 6.49. The van der Waals surface area contributed by atoms with E-state index in [0.29, 0.717) is 12.2 Å². The van der Waals surface area contributed by atoms with Crippen LogP contribution in [0.3, 0.4) is 0 Å². The average Bonchev–Trinajstić information content (AvgIpc) is 2.67. The van der Waals surface area contributed by atoms with Gasteiger partial charge in [0, 0.05) is 38.4 Å². The molecule has 1 N–H and O–H groups in total. The van der Waals surface area contributed by atoms with Crippen LogP contribution < -0.4 is 10.2 Å². The minimum atomic E-state index is -3.73. The zero-order valence-corrected chi connectivity index (χ0v) is 16.6. The van der Waals surface area contributed by atoms with Crippen LogP contribution in [0.1, 0.15) is 13.3 Å². The number of nitrogens with zero attached hydrogens (tertiary/aromatic N) is 2. The van der Waals surface area contributed by atoms with E-state index in [4.69, 9.17) is 0 Å². The fourth-order valence-corrected chi connectivity index (χ4v) is 4.57. The second-order valence-corrected chi connectivity index (χ2v) is 8.77. The van der Waals surface area contributed by atoms with Gasteiger partial charge in [-0.05, 0) is 55.9 Å². The fraction of sp³-hybridized carbons (Fsp3) is 0.400. The van der Waals surface area contributed by atoms with Crippen molar-refractivity contribution < 1.29 is 12.8 Å². The molecule has 0 saturated carbocycles. The monoisotopic (exact) mass is 391 g/mol. The van der Waals surface area contributed by atoms with E-state index in [0.717, 1.165) is 38.3 Å². The van der Waals surface area contributed by atoms with Crippen LogP contribution in [-0.4, -0.2) is 53.1 Å². The number of piperazine rings is 1. The summed E-state index contributed by atoms with van der Waals surface area (Å²) >= 11 is 0. The lowest BCUT2D eigenvalue weighted by atomic mass is 10.2. The molecule has 1 aliphatic heterocycles. The SMILES string of the molecule is CCCNc1cc(N2CCN(C)CC2)ccc1S(=O)(=O)c1ccc(F)cc1. The fourth-order valence-electron chi connectivity index (χ4n) is 3.15. The molecule has 1 aliphatic rings. The third-order valence-electron chi connectivity index (χ3n) is 4.81. The van der Waals surface area contributed by atoms with Crippen molar-refractivity contribution in [2.24, 2.45) is 0 Å². The number of rotatable bonds is 6. The standard InChI is InChI=1S/C20H26FN3O2S/c1-3-10-22-19-15-17(24-13-11-23(2)12-14-24)6-9-20(19)27(25,26)18-7-4-16(21)5-8-18/h4-9,15,22H,3,10-14H2,1-2H3. The van der Waals surface area contributed by atoms with E-state index >= 15 is 0 Å². The van der Waals surface area contributed by atoms with Gasteiger partial charge in [0.2, 0.25) is 9.84 Å². The molecule has 1 fully saturated rings. The van der Waals surface area contributed by atoms with E-state index in [1.165, 1.54) is 24.3 Å². The quantitative estimate of drug-likeness (QED) is 0.767. The summed E-state index contributed by atoms with van der Waals surface area (Å²) in [6, 6.07) is 10.4. The molecule has 7 heteroatoms. The van der Waals surface area contributed by atoms with Gasteiger partial charge < -0.3 is 15.1 Å². The first-order valence-electron chi connectivity index (χ1n) is 9.24. The van der Waals surface area contributed by atoms with Crippen molar-refractivity contribution in [3.05, 3.63) is 48.3 Å². The third-order valence-corrected chi connectivity index (χ3v) is 6.64. The molecule has 2 aromatic carbocycles. The van der Waals surface area contributed by atoms with Crippen LogP contribution in [0.4, 0.5) is 15.8 Å². The summed E-state index contributed by atoms with van der Waals surface area (Å²) in [4.78, 5) is 4.86. The van der Waals surface area contributed by atoms with E-state index in [-0.39, 0.29) is 9.79 Å². The summed E-state index contributed by atoms with van der Waals surface area (Å²) in [6.07, 6.45) is 0.884. The molecule has 0 unspecified atom stereocenters. The largest absolute Gasteiger partial charge is 0.384 e. The molecule has 0 aliphatic carbocycles. The molecule has 0 bridgehead atoms. The van der Waals surface area contributed by atoms with Crippen LogP contribution in [0.25, 0.3) is 0 Å². The van der Waals surface area contributed by atoms with Crippen LogP contribution in [0, 0.1) is 5.82 Å². The van der Waals surface area contributed by atoms with Crippen LogP contribution in [0.15, 0.2) is 52.3 Å². The molecule has 146 valence electrons. The highest BCUT2D eigenvalue weighted by Crippen LogP contribution is 2.32. The van der Waals surface area contributed by atoms with Gasteiger partial charge >= 0.3 is 0 Å². The van der Waals surface area contributed by atoms with Gasteiger partial charge in [-0.3, -0.25) is 0 Å². The number of sulfone groups is 1. The van der Waals surface area contributed by atoms with Gasteiger partial charge in [0.25, 0.3) is 0 Å². The number of anilines is 2. The lowest BCUT2D eigenvalue weighted by Gasteiger charge is -2.34. The Kier molecular flexibility index (Phi) is 6.01. The molecule has 0 spiro atoms. The zero-order valence-electron chi connectivity index (χ0n) is 15.8. The number of hydrogen-bond donors (Lipinski definition) is 1. The van der Waals surface area contributed by atoms with Crippen LogP contribution in [0.5, 0.6) is 0 Å². The maximum atomic E-state index is 13.2. The van der Waals surface area contributed by atoms with E-state index < -0.39 is 15.7 Å². The Morgan fingerprint density at radius 2 is 1.70 bits per heavy atom. The summed E-state index contributed by atoms with van der Waals surface area (Å²) in [7, 11) is -1.63. The Bertz CT molecular complexity index is 877. The molecule has 0 atom stereocenters. The average molecular weight is 392 g/mol. The highest BCUT2D eigenvalue weighted by molar-refractivity contribution is 7.91. The van der Waals surface area contributed by atoms with Crippen LogP contribution in [-0.2, 0) is 9.84 Å². The Labute approximate surface area is 160 Å². The summed E-state index contributed by atoms with van der Waals surface area (Å²) < 4.78 is 39.3. The number of halogens is 1. The molecular weight excluding hydrogens is 365 g/mol. The third kappa shape index (κ3) is 4.42. The molecule has 0 radical (unpaired) electrons. The molecule has 1 saturated heterocycles. The van der Waals surface area contributed by atoms with Crippen molar-refractivity contribution in [1.82, 2.24) is 4.90 Å². The highest BCUT2D eigenvalue weighted by atomic mass is 32.2. The second kappa shape index (κ2) is 8.27. The maximum absolute atomic E-state index is 13.2. The Morgan fingerprint density at radius 1 is 1.04 bits per heavy atom. The normalized spacial score (nSPS) is 15.7.